The van der Waals surface area contributed by atoms with Gasteiger partial charge in [0.15, 0.2) is 0 Å². The molecule has 1 aliphatic rings. The van der Waals surface area contributed by atoms with Crippen LogP contribution in [0.4, 0.5) is 5.69 Å². The van der Waals surface area contributed by atoms with Crippen molar-refractivity contribution in [1.82, 2.24) is 4.90 Å². The molecule has 0 saturated heterocycles. The molecule has 0 bridgehead atoms. The van der Waals surface area contributed by atoms with Gasteiger partial charge in [0, 0.05) is 30.4 Å². The Morgan fingerprint density at radius 3 is 2.75 bits per heavy atom. The van der Waals surface area contributed by atoms with Crippen LogP contribution in [-0.2, 0) is 13.0 Å². The maximum atomic E-state index is 10.0. The Kier molecular flexibility index (Phi) is 3.36. The molecule has 1 unspecified atom stereocenters. The second-order valence-electron chi connectivity index (χ2n) is 5.44. The highest BCUT2D eigenvalue weighted by atomic mass is 16.3. The van der Waals surface area contributed by atoms with Crippen LogP contribution in [0.5, 0.6) is 5.75 Å². The van der Waals surface area contributed by atoms with Crippen molar-refractivity contribution >= 4 is 5.69 Å². The second kappa shape index (κ2) is 5.17. The molecule has 0 aliphatic carbocycles. The topological polar surface area (TPSA) is 49.5 Å². The summed E-state index contributed by atoms with van der Waals surface area (Å²) in [4.78, 5) is 2.37. The summed E-state index contributed by atoms with van der Waals surface area (Å²) in [5.74, 6) is 0.367. The van der Waals surface area contributed by atoms with Gasteiger partial charge in [-0.15, -0.1) is 0 Å². The molecule has 104 valence electrons. The number of aromatic hydroxyl groups is 1. The number of nitrogen functional groups attached to an aromatic ring is 1. The number of phenolic OH excluding ortho intramolecular Hbond substituents is 1. The van der Waals surface area contributed by atoms with Gasteiger partial charge < -0.3 is 10.8 Å². The van der Waals surface area contributed by atoms with Gasteiger partial charge in [-0.1, -0.05) is 30.3 Å². The van der Waals surface area contributed by atoms with Crippen molar-refractivity contribution in [2.45, 2.75) is 25.9 Å². The second-order valence-corrected chi connectivity index (χ2v) is 5.44. The Hall–Kier alpha value is -2.00. The van der Waals surface area contributed by atoms with E-state index >= 15 is 0 Å². The molecule has 3 nitrogen and oxygen atoms in total. The van der Waals surface area contributed by atoms with Crippen LogP contribution in [0, 0.1) is 0 Å². The molecular weight excluding hydrogens is 248 g/mol. The zero-order valence-corrected chi connectivity index (χ0v) is 11.7. The summed E-state index contributed by atoms with van der Waals surface area (Å²) in [6, 6.07) is 13.9. The summed E-state index contributed by atoms with van der Waals surface area (Å²) in [6.07, 6.45) is 1.01. The third-order valence-corrected chi connectivity index (χ3v) is 4.27. The first-order valence-electron chi connectivity index (χ1n) is 7.05. The lowest BCUT2D eigenvalue weighted by atomic mass is 9.95. The Morgan fingerprint density at radius 1 is 1.15 bits per heavy atom. The summed E-state index contributed by atoms with van der Waals surface area (Å²) < 4.78 is 0. The molecular formula is C17H20N2O. The first-order valence-corrected chi connectivity index (χ1v) is 7.05. The van der Waals surface area contributed by atoms with Crippen molar-refractivity contribution < 1.29 is 5.11 Å². The molecule has 0 radical (unpaired) electrons. The van der Waals surface area contributed by atoms with Crippen LogP contribution in [-0.4, -0.2) is 16.6 Å². The van der Waals surface area contributed by atoms with E-state index < -0.39 is 0 Å². The number of benzene rings is 2. The third-order valence-electron chi connectivity index (χ3n) is 4.27. The van der Waals surface area contributed by atoms with Gasteiger partial charge in [0.2, 0.25) is 0 Å². The highest BCUT2D eigenvalue weighted by molar-refractivity contribution is 5.52. The molecule has 0 amide bonds. The summed E-state index contributed by atoms with van der Waals surface area (Å²) in [6.45, 7) is 3.97. The fourth-order valence-corrected chi connectivity index (χ4v) is 3.00. The molecule has 3 heteroatoms. The zero-order valence-electron chi connectivity index (χ0n) is 11.7. The summed E-state index contributed by atoms with van der Waals surface area (Å²) in [5.41, 5.74) is 10.5. The molecule has 3 rings (SSSR count). The molecule has 1 heterocycles. The van der Waals surface area contributed by atoms with Gasteiger partial charge in [0.1, 0.15) is 5.75 Å². The van der Waals surface area contributed by atoms with E-state index in [4.69, 9.17) is 5.73 Å². The number of hydrogen-bond donors (Lipinski definition) is 2. The summed E-state index contributed by atoms with van der Waals surface area (Å²) >= 11 is 0. The first kappa shape index (κ1) is 13.0. The molecule has 1 aliphatic heterocycles. The molecule has 0 spiro atoms. The number of nitrogens with zero attached hydrogens (tertiary/aromatic N) is 1. The van der Waals surface area contributed by atoms with Crippen LogP contribution >= 0.6 is 0 Å². The third kappa shape index (κ3) is 2.25. The largest absolute Gasteiger partial charge is 0.508 e. The molecule has 20 heavy (non-hydrogen) atoms. The number of phenols is 1. The van der Waals surface area contributed by atoms with E-state index in [9.17, 15) is 5.11 Å². The minimum absolute atomic E-state index is 0.184. The monoisotopic (exact) mass is 268 g/mol. The molecule has 0 saturated carbocycles. The smallest absolute Gasteiger partial charge is 0.120 e. The number of anilines is 1. The van der Waals surface area contributed by atoms with Gasteiger partial charge in [0.05, 0.1) is 0 Å². The molecule has 0 aromatic heterocycles. The van der Waals surface area contributed by atoms with Crippen molar-refractivity contribution in [3.05, 3.63) is 59.2 Å². The quantitative estimate of drug-likeness (QED) is 0.823. The van der Waals surface area contributed by atoms with Crippen molar-refractivity contribution in [1.29, 1.82) is 0 Å². The van der Waals surface area contributed by atoms with E-state index in [-0.39, 0.29) is 6.04 Å². The maximum Gasteiger partial charge on any atom is 0.120 e. The fourth-order valence-electron chi connectivity index (χ4n) is 3.00. The van der Waals surface area contributed by atoms with Crippen LogP contribution in [0.15, 0.2) is 42.5 Å². The highest BCUT2D eigenvalue weighted by Gasteiger charge is 2.24. The SMILES string of the molecule is CC(c1ccccc1O)N1CCc2cccc(N)c2C1. The number of hydrogen-bond acceptors (Lipinski definition) is 3. The van der Waals surface area contributed by atoms with E-state index in [1.54, 1.807) is 6.07 Å². The van der Waals surface area contributed by atoms with Gasteiger partial charge >= 0.3 is 0 Å². The zero-order chi connectivity index (χ0) is 14.1. The average molecular weight is 268 g/mol. The van der Waals surface area contributed by atoms with Crippen LogP contribution in [0.2, 0.25) is 0 Å². The van der Waals surface area contributed by atoms with E-state index in [0.29, 0.717) is 5.75 Å². The first-order chi connectivity index (χ1) is 9.66. The van der Waals surface area contributed by atoms with Gasteiger partial charge in [-0.2, -0.15) is 0 Å². The van der Waals surface area contributed by atoms with E-state index in [2.05, 4.69) is 17.9 Å². The number of nitrogens with two attached hydrogens (primary N) is 1. The number of fused-ring (bicyclic) bond motifs is 1. The predicted molar refractivity (Wildman–Crippen MR) is 81.5 cm³/mol. The van der Waals surface area contributed by atoms with Crippen LogP contribution in [0.3, 0.4) is 0 Å². The number of rotatable bonds is 2. The molecule has 2 aromatic rings. The van der Waals surface area contributed by atoms with Gasteiger partial charge in [-0.05, 0) is 36.6 Å². The predicted octanol–water partition coefficient (Wildman–Crippen LogP) is 3.09. The Balaban J connectivity index is 1.87. The lowest BCUT2D eigenvalue weighted by Crippen LogP contribution is -2.33. The van der Waals surface area contributed by atoms with Crippen LogP contribution in [0.25, 0.3) is 0 Å². The molecule has 1 atom stereocenters. The van der Waals surface area contributed by atoms with E-state index in [1.165, 1.54) is 11.1 Å². The van der Waals surface area contributed by atoms with Gasteiger partial charge in [0.25, 0.3) is 0 Å². The molecule has 2 aromatic carbocycles. The average Bonchev–Trinajstić information content (AvgIpc) is 2.47. The lowest BCUT2D eigenvalue weighted by molar-refractivity contribution is 0.189. The van der Waals surface area contributed by atoms with Crippen LogP contribution in [0.1, 0.15) is 29.7 Å². The van der Waals surface area contributed by atoms with Crippen molar-refractivity contribution in [3.63, 3.8) is 0 Å². The van der Waals surface area contributed by atoms with Gasteiger partial charge in [-0.3, -0.25) is 4.90 Å². The van der Waals surface area contributed by atoms with Crippen LogP contribution < -0.4 is 5.73 Å². The Labute approximate surface area is 119 Å². The molecule has 3 N–H and O–H groups in total. The Morgan fingerprint density at radius 2 is 1.95 bits per heavy atom. The maximum absolute atomic E-state index is 10.0. The van der Waals surface area contributed by atoms with Gasteiger partial charge in [-0.25, -0.2) is 0 Å². The van der Waals surface area contributed by atoms with Crippen molar-refractivity contribution in [2.24, 2.45) is 0 Å². The normalized spacial score (nSPS) is 16.6. The standard InChI is InChI=1S/C17H20N2O/c1-12(14-6-2-3-8-17(14)20)19-10-9-13-5-4-7-16(18)15(13)11-19/h2-8,12,20H,9-11,18H2,1H3. The van der Waals surface area contributed by atoms with E-state index in [0.717, 1.165) is 30.8 Å². The minimum Gasteiger partial charge on any atom is -0.508 e. The minimum atomic E-state index is 0.184. The lowest BCUT2D eigenvalue weighted by Gasteiger charge is -2.34. The van der Waals surface area contributed by atoms with Crippen molar-refractivity contribution in [2.75, 3.05) is 12.3 Å². The van der Waals surface area contributed by atoms with Crippen molar-refractivity contribution in [3.8, 4) is 5.75 Å². The highest BCUT2D eigenvalue weighted by Crippen LogP contribution is 2.33. The number of para-hydroxylation sites is 1. The summed E-state index contributed by atoms with van der Waals surface area (Å²) in [7, 11) is 0. The summed E-state index contributed by atoms with van der Waals surface area (Å²) in [5, 5.41) is 10.0. The fraction of sp³-hybridized carbons (Fsp3) is 0.294. The van der Waals surface area contributed by atoms with E-state index in [1.807, 2.05) is 30.3 Å². The Bertz CT molecular complexity index is 624. The molecule has 0 fully saturated rings.